The first-order valence-electron chi connectivity index (χ1n) is 12.1. The summed E-state index contributed by atoms with van der Waals surface area (Å²) in [6, 6.07) is 11.4. The van der Waals surface area contributed by atoms with Crippen molar-refractivity contribution >= 4 is 0 Å². The number of hydrogen-bond donors (Lipinski definition) is 0. The summed E-state index contributed by atoms with van der Waals surface area (Å²) >= 11 is 0. The Morgan fingerprint density at radius 3 is 1.28 bits per heavy atom. The quantitative estimate of drug-likeness (QED) is 0.370. The monoisotopic (exact) mass is 466 g/mol. The Bertz CT molecular complexity index is 619. The molecule has 8 bridgehead atoms. The summed E-state index contributed by atoms with van der Waals surface area (Å²) in [5.41, 5.74) is 3.04. The summed E-state index contributed by atoms with van der Waals surface area (Å²) in [5.74, 6) is 6.62. The molecule has 0 heterocycles. The van der Waals surface area contributed by atoms with Crippen molar-refractivity contribution in [2.24, 2.45) is 40.9 Å². The van der Waals surface area contributed by atoms with Gasteiger partial charge in [-0.25, -0.2) is 0 Å². The minimum Gasteiger partial charge on any atom is -0.358 e. The summed E-state index contributed by atoms with van der Waals surface area (Å²) in [7, 11) is 0. The van der Waals surface area contributed by atoms with Gasteiger partial charge in [-0.3, -0.25) is 0 Å². The van der Waals surface area contributed by atoms with E-state index in [0.717, 1.165) is 40.9 Å². The molecule has 157 valence electrons. The van der Waals surface area contributed by atoms with E-state index in [1.807, 2.05) is 0 Å². The van der Waals surface area contributed by atoms with E-state index >= 15 is 0 Å². The summed E-state index contributed by atoms with van der Waals surface area (Å²) in [6.45, 7) is 2.54. The van der Waals surface area contributed by atoms with Crippen LogP contribution in [0.25, 0.3) is 0 Å². The van der Waals surface area contributed by atoms with Crippen molar-refractivity contribution in [2.45, 2.75) is 89.4 Å². The molecular formula is C28H41Y-. The van der Waals surface area contributed by atoms with E-state index < -0.39 is 0 Å². The van der Waals surface area contributed by atoms with Gasteiger partial charge in [0.1, 0.15) is 0 Å². The second kappa shape index (κ2) is 8.35. The smallest absolute Gasteiger partial charge is 0 e. The van der Waals surface area contributed by atoms with Crippen LogP contribution in [-0.2, 0) is 38.1 Å². The molecule has 0 amide bonds. The minimum absolute atomic E-state index is 0. The topological polar surface area (TPSA) is 0 Å². The summed E-state index contributed by atoms with van der Waals surface area (Å²) in [5, 5.41) is 0. The molecule has 8 aliphatic carbocycles. The van der Waals surface area contributed by atoms with Gasteiger partial charge < -0.3 is 7.43 Å². The third-order valence-corrected chi connectivity index (χ3v) is 9.77. The Hall–Kier alpha value is 0.324. The van der Waals surface area contributed by atoms with E-state index in [1.165, 1.54) is 19.3 Å². The molecule has 8 aliphatic rings. The second-order valence-corrected chi connectivity index (χ2v) is 12.3. The van der Waals surface area contributed by atoms with Gasteiger partial charge >= 0.3 is 0 Å². The van der Waals surface area contributed by atoms with Gasteiger partial charge in [-0.05, 0) is 129 Å². The molecular weight excluding hydrogens is 425 g/mol. The van der Waals surface area contributed by atoms with Gasteiger partial charge in [-0.15, -0.1) is 0 Å². The van der Waals surface area contributed by atoms with Crippen molar-refractivity contribution in [2.75, 3.05) is 0 Å². The van der Waals surface area contributed by atoms with Gasteiger partial charge in [0.15, 0.2) is 0 Å². The van der Waals surface area contributed by atoms with Crippen LogP contribution in [0, 0.1) is 48.3 Å². The minimum atomic E-state index is 0. The fraction of sp³-hybridized carbons (Fsp3) is 0.750. The third-order valence-electron chi connectivity index (χ3n) is 9.77. The molecule has 1 aromatic carbocycles. The van der Waals surface area contributed by atoms with Crippen molar-refractivity contribution in [3.8, 4) is 0 Å². The molecule has 1 radical (unpaired) electrons. The van der Waals surface area contributed by atoms with Crippen LogP contribution in [0.2, 0.25) is 0 Å². The Morgan fingerprint density at radius 2 is 0.931 bits per heavy atom. The Labute approximate surface area is 205 Å². The molecule has 0 spiro atoms. The van der Waals surface area contributed by atoms with Crippen molar-refractivity contribution in [3.63, 3.8) is 0 Å². The van der Waals surface area contributed by atoms with Crippen LogP contribution >= 0.6 is 0 Å². The molecule has 8 saturated carbocycles. The Balaban J connectivity index is 0.000000140. The van der Waals surface area contributed by atoms with Gasteiger partial charge in [0.05, 0.1) is 0 Å². The molecule has 9 rings (SSSR count). The van der Waals surface area contributed by atoms with Gasteiger partial charge in [0.2, 0.25) is 0 Å². The summed E-state index contributed by atoms with van der Waals surface area (Å²) in [4.78, 5) is 0. The normalized spacial score (nSPS) is 47.6. The number of benzene rings is 1. The van der Waals surface area contributed by atoms with Crippen molar-refractivity contribution in [1.29, 1.82) is 0 Å². The van der Waals surface area contributed by atoms with Crippen molar-refractivity contribution in [1.82, 2.24) is 0 Å². The van der Waals surface area contributed by atoms with Crippen LogP contribution in [-0.4, -0.2) is 0 Å². The molecule has 0 atom stereocenters. The Kier molecular flexibility index (Phi) is 6.48. The molecule has 1 aromatic rings. The zero-order chi connectivity index (χ0) is 18.1. The molecule has 8 fully saturated rings. The molecule has 0 N–H and O–H groups in total. The van der Waals surface area contributed by atoms with Crippen LogP contribution in [0.1, 0.15) is 89.5 Å². The van der Waals surface area contributed by atoms with Crippen molar-refractivity contribution < 1.29 is 32.7 Å². The summed E-state index contributed by atoms with van der Waals surface area (Å²) < 4.78 is 0. The maximum absolute atomic E-state index is 2.54. The second-order valence-electron chi connectivity index (χ2n) is 12.3. The van der Waals surface area contributed by atoms with Gasteiger partial charge in [-0.1, -0.05) is 37.3 Å². The van der Waals surface area contributed by atoms with E-state index in [2.05, 4.69) is 37.3 Å². The zero-order valence-corrected chi connectivity index (χ0v) is 21.8. The summed E-state index contributed by atoms with van der Waals surface area (Å²) in [6.07, 6.45) is 18.6. The van der Waals surface area contributed by atoms with E-state index in [9.17, 15) is 0 Å². The number of hydrogen-bond acceptors (Lipinski definition) is 0. The van der Waals surface area contributed by atoms with Crippen LogP contribution in [0.15, 0.2) is 30.3 Å². The molecule has 0 saturated heterocycles. The average Bonchev–Trinajstić information content (AvgIpc) is 2.60. The molecule has 0 nitrogen and oxygen atoms in total. The van der Waals surface area contributed by atoms with Gasteiger partial charge in [0.25, 0.3) is 0 Å². The SMILES string of the molecule is CC12CC3CC(CC(C3)C1)C2.[CH3-].[Y].c1ccc(C23CC4CC(CC(C4)C2)C3)cc1. The fourth-order valence-electron chi connectivity index (χ4n) is 9.80. The van der Waals surface area contributed by atoms with Crippen LogP contribution in [0.3, 0.4) is 0 Å². The van der Waals surface area contributed by atoms with E-state index in [0.29, 0.717) is 5.41 Å². The standard InChI is InChI=1S/C16H20.C11H18.CH3.Y/c1-2-4-15(5-3-1)16-9-12-6-13(10-16)8-14(7-12)11-16;1-11-5-8-2-9(6-11)4-10(3-8)7-11;;/h1-5,12-14H,6-11H2;8-10H,2-7H2,1H3;1H3;/q;;-1;. The molecule has 29 heavy (non-hydrogen) atoms. The van der Waals surface area contributed by atoms with E-state index in [-0.39, 0.29) is 40.1 Å². The first-order valence-corrected chi connectivity index (χ1v) is 12.1. The van der Waals surface area contributed by atoms with Gasteiger partial charge in [0, 0.05) is 32.7 Å². The molecule has 0 aliphatic heterocycles. The van der Waals surface area contributed by atoms with Crippen LogP contribution < -0.4 is 0 Å². The first-order chi connectivity index (χ1) is 13.1. The number of rotatable bonds is 1. The zero-order valence-electron chi connectivity index (χ0n) is 18.9. The predicted octanol–water partition coefficient (Wildman–Crippen LogP) is 7.82. The molecule has 0 aromatic heterocycles. The molecule has 0 unspecified atom stereocenters. The van der Waals surface area contributed by atoms with Crippen molar-refractivity contribution in [3.05, 3.63) is 43.3 Å². The first kappa shape index (κ1) is 22.5. The third kappa shape index (κ3) is 4.20. The largest absolute Gasteiger partial charge is 0.358 e. The average molecular weight is 467 g/mol. The van der Waals surface area contributed by atoms with Crippen LogP contribution in [0.5, 0.6) is 0 Å². The van der Waals surface area contributed by atoms with E-state index in [1.54, 1.807) is 63.4 Å². The fourth-order valence-corrected chi connectivity index (χ4v) is 9.80. The van der Waals surface area contributed by atoms with Crippen LogP contribution in [0.4, 0.5) is 0 Å². The predicted molar refractivity (Wildman–Crippen MR) is 119 cm³/mol. The van der Waals surface area contributed by atoms with Gasteiger partial charge in [-0.2, -0.15) is 0 Å². The maximum Gasteiger partial charge on any atom is 0 e. The maximum atomic E-state index is 2.54. The molecule has 1 heteroatoms. The Morgan fingerprint density at radius 1 is 0.586 bits per heavy atom. The van der Waals surface area contributed by atoms with E-state index in [4.69, 9.17) is 0 Å².